The van der Waals surface area contributed by atoms with Gasteiger partial charge in [0.2, 0.25) is 0 Å². The highest BCUT2D eigenvalue weighted by Gasteiger charge is 2.10. The van der Waals surface area contributed by atoms with E-state index < -0.39 is 0 Å². The highest BCUT2D eigenvalue weighted by molar-refractivity contribution is 7.80. The van der Waals surface area contributed by atoms with E-state index in [4.69, 9.17) is 18.0 Å². The monoisotopic (exact) mass is 297 g/mol. The Morgan fingerprint density at radius 3 is 2.55 bits per heavy atom. The molecule has 1 rings (SSSR count). The summed E-state index contributed by atoms with van der Waals surface area (Å²) in [7, 11) is 4.11. The lowest BCUT2D eigenvalue weighted by molar-refractivity contribution is 0.256. The van der Waals surface area contributed by atoms with Crippen LogP contribution < -0.4 is 5.73 Å². The molecule has 0 bridgehead atoms. The van der Waals surface area contributed by atoms with Gasteiger partial charge in [-0.2, -0.15) is 0 Å². The summed E-state index contributed by atoms with van der Waals surface area (Å²) >= 11 is 4.94. The molecule has 0 aliphatic carbocycles. The molecular weight excluding hydrogens is 273 g/mol. The number of nitrogens with zero attached hydrogens (tertiary/aromatic N) is 2. The van der Waals surface area contributed by atoms with Gasteiger partial charge in [0.1, 0.15) is 10.8 Å². The van der Waals surface area contributed by atoms with E-state index >= 15 is 0 Å². The number of rotatable bonds is 8. The van der Waals surface area contributed by atoms with Crippen molar-refractivity contribution in [1.29, 1.82) is 0 Å². The Balaban J connectivity index is 2.68. The van der Waals surface area contributed by atoms with Crippen LogP contribution in [0, 0.1) is 5.82 Å². The van der Waals surface area contributed by atoms with Crippen LogP contribution in [-0.2, 0) is 6.54 Å². The van der Waals surface area contributed by atoms with E-state index in [1.807, 2.05) is 0 Å². The van der Waals surface area contributed by atoms with Crippen LogP contribution in [0.5, 0.6) is 0 Å². The molecule has 0 radical (unpaired) electrons. The molecule has 2 N–H and O–H groups in total. The minimum atomic E-state index is -0.198. The lowest BCUT2D eigenvalue weighted by atomic mass is 10.1. The van der Waals surface area contributed by atoms with Crippen LogP contribution in [0.25, 0.3) is 0 Å². The predicted octanol–water partition coefficient (Wildman–Crippen LogP) is 2.23. The molecule has 20 heavy (non-hydrogen) atoms. The molecule has 1 aromatic rings. The van der Waals surface area contributed by atoms with E-state index in [0.29, 0.717) is 17.1 Å². The zero-order valence-corrected chi connectivity index (χ0v) is 13.3. The van der Waals surface area contributed by atoms with Gasteiger partial charge in [-0.05, 0) is 58.3 Å². The highest BCUT2D eigenvalue weighted by atomic mass is 32.1. The highest BCUT2D eigenvalue weighted by Crippen LogP contribution is 2.13. The Morgan fingerprint density at radius 1 is 1.30 bits per heavy atom. The molecule has 0 fully saturated rings. The Hall–Kier alpha value is -1.04. The molecule has 0 saturated carbocycles. The molecule has 0 atom stereocenters. The van der Waals surface area contributed by atoms with Crippen molar-refractivity contribution in [2.24, 2.45) is 5.73 Å². The average Bonchev–Trinajstić information content (AvgIpc) is 2.39. The lowest BCUT2D eigenvalue weighted by Gasteiger charge is -2.22. The second kappa shape index (κ2) is 8.29. The largest absolute Gasteiger partial charge is 0.389 e. The van der Waals surface area contributed by atoms with Crippen molar-refractivity contribution < 1.29 is 4.39 Å². The SMILES string of the molecule is CCN(CCCN(C)C)Cc1cc(C(N)=S)ccc1F. The summed E-state index contributed by atoms with van der Waals surface area (Å²) in [4.78, 5) is 4.69. The molecule has 112 valence electrons. The molecule has 0 aromatic heterocycles. The fourth-order valence-electron chi connectivity index (χ4n) is 2.05. The maximum Gasteiger partial charge on any atom is 0.127 e. The number of benzene rings is 1. The maximum absolute atomic E-state index is 13.9. The van der Waals surface area contributed by atoms with Gasteiger partial charge in [0, 0.05) is 17.7 Å². The first-order valence-corrected chi connectivity index (χ1v) is 7.30. The van der Waals surface area contributed by atoms with Gasteiger partial charge >= 0.3 is 0 Å². The first kappa shape index (κ1) is 17.0. The Morgan fingerprint density at radius 2 is 2.00 bits per heavy atom. The number of thiocarbonyl (C=S) groups is 1. The molecule has 0 aliphatic rings. The quantitative estimate of drug-likeness (QED) is 0.746. The average molecular weight is 297 g/mol. The van der Waals surface area contributed by atoms with Crippen LogP contribution in [0.1, 0.15) is 24.5 Å². The fraction of sp³-hybridized carbons (Fsp3) is 0.533. The third-order valence-electron chi connectivity index (χ3n) is 3.25. The van der Waals surface area contributed by atoms with Crippen molar-refractivity contribution in [3.63, 3.8) is 0 Å². The molecule has 5 heteroatoms. The first-order valence-electron chi connectivity index (χ1n) is 6.89. The molecular formula is C15H24FN3S. The molecule has 0 unspecified atom stereocenters. The van der Waals surface area contributed by atoms with Crippen LogP contribution >= 0.6 is 12.2 Å². The smallest absolute Gasteiger partial charge is 0.127 e. The van der Waals surface area contributed by atoms with E-state index in [0.717, 1.165) is 31.6 Å². The van der Waals surface area contributed by atoms with Crippen molar-refractivity contribution in [2.45, 2.75) is 19.9 Å². The van der Waals surface area contributed by atoms with Crippen LogP contribution in [-0.4, -0.2) is 48.5 Å². The van der Waals surface area contributed by atoms with Crippen molar-refractivity contribution in [1.82, 2.24) is 9.80 Å². The van der Waals surface area contributed by atoms with E-state index in [1.165, 1.54) is 6.07 Å². The van der Waals surface area contributed by atoms with Crippen LogP contribution in [0.2, 0.25) is 0 Å². The van der Waals surface area contributed by atoms with Gasteiger partial charge in [0.25, 0.3) is 0 Å². The Labute approximate surface area is 126 Å². The van der Waals surface area contributed by atoms with E-state index in [-0.39, 0.29) is 5.82 Å². The Kier molecular flexibility index (Phi) is 7.05. The van der Waals surface area contributed by atoms with Gasteiger partial charge in [-0.1, -0.05) is 19.1 Å². The summed E-state index contributed by atoms with van der Waals surface area (Å²) in [6, 6.07) is 4.83. The molecule has 3 nitrogen and oxygen atoms in total. The third kappa shape index (κ3) is 5.53. The molecule has 0 amide bonds. The molecule has 0 heterocycles. The first-order chi connectivity index (χ1) is 9.43. The van der Waals surface area contributed by atoms with E-state index in [2.05, 4.69) is 30.8 Å². The number of nitrogens with two attached hydrogens (primary N) is 1. The van der Waals surface area contributed by atoms with E-state index in [9.17, 15) is 4.39 Å². The third-order valence-corrected chi connectivity index (χ3v) is 3.49. The Bertz CT molecular complexity index is 449. The normalized spacial score (nSPS) is 11.3. The second-order valence-corrected chi connectivity index (χ2v) is 5.64. The zero-order valence-electron chi connectivity index (χ0n) is 12.5. The van der Waals surface area contributed by atoms with Crippen LogP contribution in [0.15, 0.2) is 18.2 Å². The minimum Gasteiger partial charge on any atom is -0.389 e. The van der Waals surface area contributed by atoms with Crippen molar-refractivity contribution in [3.05, 3.63) is 35.1 Å². The number of hydrogen-bond donors (Lipinski definition) is 1. The lowest BCUT2D eigenvalue weighted by Crippen LogP contribution is -2.27. The molecule has 1 aromatic carbocycles. The summed E-state index contributed by atoms with van der Waals surface area (Å²) in [5.41, 5.74) is 6.98. The fourth-order valence-corrected chi connectivity index (χ4v) is 2.18. The molecule has 0 spiro atoms. The minimum absolute atomic E-state index is 0.198. The van der Waals surface area contributed by atoms with Crippen LogP contribution in [0.3, 0.4) is 0 Å². The topological polar surface area (TPSA) is 32.5 Å². The van der Waals surface area contributed by atoms with Gasteiger partial charge in [-0.3, -0.25) is 4.90 Å². The van der Waals surface area contributed by atoms with Gasteiger partial charge in [0.05, 0.1) is 0 Å². The van der Waals surface area contributed by atoms with Gasteiger partial charge < -0.3 is 10.6 Å². The molecule has 0 saturated heterocycles. The standard InChI is InChI=1S/C15H24FN3S/c1-4-19(9-5-8-18(2)3)11-13-10-12(15(17)20)6-7-14(13)16/h6-7,10H,4-5,8-9,11H2,1-3H3,(H2,17,20). The second-order valence-electron chi connectivity index (χ2n) is 5.20. The van der Waals surface area contributed by atoms with Crippen molar-refractivity contribution in [2.75, 3.05) is 33.7 Å². The summed E-state index contributed by atoms with van der Waals surface area (Å²) in [6.45, 7) is 5.55. The van der Waals surface area contributed by atoms with Crippen LogP contribution in [0.4, 0.5) is 4.39 Å². The molecule has 0 aliphatic heterocycles. The summed E-state index contributed by atoms with van der Waals surface area (Å²) < 4.78 is 13.9. The van der Waals surface area contributed by atoms with Gasteiger partial charge in [-0.15, -0.1) is 0 Å². The number of halogens is 1. The van der Waals surface area contributed by atoms with Crippen molar-refractivity contribution in [3.8, 4) is 0 Å². The number of hydrogen-bond acceptors (Lipinski definition) is 3. The summed E-state index contributed by atoms with van der Waals surface area (Å²) in [6.07, 6.45) is 1.07. The van der Waals surface area contributed by atoms with E-state index in [1.54, 1.807) is 12.1 Å². The maximum atomic E-state index is 13.9. The van der Waals surface area contributed by atoms with Gasteiger partial charge in [0.15, 0.2) is 0 Å². The summed E-state index contributed by atoms with van der Waals surface area (Å²) in [5.74, 6) is -0.198. The summed E-state index contributed by atoms with van der Waals surface area (Å²) in [5, 5.41) is 0. The van der Waals surface area contributed by atoms with Crippen molar-refractivity contribution >= 4 is 17.2 Å². The predicted molar refractivity (Wildman–Crippen MR) is 86.4 cm³/mol. The van der Waals surface area contributed by atoms with Gasteiger partial charge in [-0.25, -0.2) is 4.39 Å². The zero-order chi connectivity index (χ0) is 15.1.